The van der Waals surface area contributed by atoms with Crippen LogP contribution in [0.15, 0.2) is 23.3 Å². The number of halogens is 1. The molecule has 3 nitrogen and oxygen atoms in total. The number of nitro groups is 1. The first-order valence-electron chi connectivity index (χ1n) is 3.24. The van der Waals surface area contributed by atoms with Crippen LogP contribution in [-0.4, -0.2) is 10.5 Å². The smallest absolute Gasteiger partial charge is 0.241 e. The number of allylic oxidation sites excluding steroid dienone is 2. The highest BCUT2D eigenvalue weighted by Gasteiger charge is 2.34. The zero-order chi connectivity index (χ0) is 8.48. The summed E-state index contributed by atoms with van der Waals surface area (Å²) in [6.45, 7) is 1.57. The Labute approximate surface area is 69.5 Å². The van der Waals surface area contributed by atoms with Gasteiger partial charge in [-0.3, -0.25) is 10.1 Å². The van der Waals surface area contributed by atoms with Crippen LogP contribution in [0.4, 0.5) is 0 Å². The average molecular weight is 174 g/mol. The fourth-order valence-electron chi connectivity index (χ4n) is 0.835. The Morgan fingerprint density at radius 2 is 2.45 bits per heavy atom. The first kappa shape index (κ1) is 8.27. The minimum Gasteiger partial charge on any atom is -0.264 e. The molecule has 1 rings (SSSR count). The predicted molar refractivity (Wildman–Crippen MR) is 43.1 cm³/mol. The molecule has 0 aromatic rings. The van der Waals surface area contributed by atoms with Gasteiger partial charge in [-0.1, -0.05) is 17.7 Å². The van der Waals surface area contributed by atoms with Crippen LogP contribution in [-0.2, 0) is 0 Å². The molecular formula is C7H8ClNO2. The van der Waals surface area contributed by atoms with E-state index in [0.717, 1.165) is 0 Å². The van der Waals surface area contributed by atoms with Crippen LogP contribution in [0.5, 0.6) is 0 Å². The van der Waals surface area contributed by atoms with Gasteiger partial charge in [0.05, 0.1) is 0 Å². The Kier molecular flexibility index (Phi) is 2.00. The number of rotatable bonds is 1. The maximum absolute atomic E-state index is 10.5. The number of hydrogen-bond donors (Lipinski definition) is 0. The van der Waals surface area contributed by atoms with Crippen LogP contribution < -0.4 is 0 Å². The van der Waals surface area contributed by atoms with Gasteiger partial charge in [0.1, 0.15) is 0 Å². The lowest BCUT2D eigenvalue weighted by molar-refractivity contribution is -0.549. The molecule has 1 unspecified atom stereocenters. The molecular weight excluding hydrogens is 166 g/mol. The summed E-state index contributed by atoms with van der Waals surface area (Å²) in [4.78, 5) is 10.2. The van der Waals surface area contributed by atoms with Gasteiger partial charge in [-0.2, -0.15) is 0 Å². The summed E-state index contributed by atoms with van der Waals surface area (Å²) in [5.74, 6) is 0. The van der Waals surface area contributed by atoms with Gasteiger partial charge in [-0.05, 0) is 12.2 Å². The molecule has 0 amide bonds. The predicted octanol–water partition coefficient (Wildman–Crippen LogP) is 2.10. The van der Waals surface area contributed by atoms with Crippen molar-refractivity contribution in [3.05, 3.63) is 33.4 Å². The molecule has 0 bridgehead atoms. The second-order valence-electron chi connectivity index (χ2n) is 2.74. The van der Waals surface area contributed by atoms with E-state index in [1.165, 1.54) is 6.08 Å². The molecule has 11 heavy (non-hydrogen) atoms. The van der Waals surface area contributed by atoms with Gasteiger partial charge in [0.25, 0.3) is 0 Å². The van der Waals surface area contributed by atoms with Crippen molar-refractivity contribution in [2.24, 2.45) is 0 Å². The normalized spacial score (nSPS) is 29.8. The lowest BCUT2D eigenvalue weighted by Crippen LogP contribution is -2.32. The van der Waals surface area contributed by atoms with E-state index < -0.39 is 5.54 Å². The van der Waals surface area contributed by atoms with Crippen LogP contribution in [0.3, 0.4) is 0 Å². The molecule has 60 valence electrons. The first-order valence-corrected chi connectivity index (χ1v) is 3.62. The molecule has 0 fully saturated rings. The molecule has 0 radical (unpaired) electrons. The molecule has 1 aliphatic carbocycles. The van der Waals surface area contributed by atoms with Crippen LogP contribution >= 0.6 is 11.6 Å². The van der Waals surface area contributed by atoms with Crippen molar-refractivity contribution in [1.29, 1.82) is 0 Å². The summed E-state index contributed by atoms with van der Waals surface area (Å²) in [5.41, 5.74) is -0.960. The van der Waals surface area contributed by atoms with E-state index in [4.69, 9.17) is 11.6 Å². The largest absolute Gasteiger partial charge is 0.264 e. The first-order chi connectivity index (χ1) is 5.04. The van der Waals surface area contributed by atoms with E-state index in [1.807, 2.05) is 0 Å². The highest BCUT2D eigenvalue weighted by atomic mass is 35.5. The van der Waals surface area contributed by atoms with E-state index in [-0.39, 0.29) is 4.92 Å². The number of hydrogen-bond acceptors (Lipinski definition) is 2. The minimum atomic E-state index is -0.960. The Morgan fingerprint density at radius 3 is 2.82 bits per heavy atom. The molecule has 1 aliphatic rings. The van der Waals surface area contributed by atoms with Crippen LogP contribution in [0.25, 0.3) is 0 Å². The highest BCUT2D eigenvalue weighted by molar-refractivity contribution is 6.31. The van der Waals surface area contributed by atoms with Gasteiger partial charge in [0.15, 0.2) is 0 Å². The highest BCUT2D eigenvalue weighted by Crippen LogP contribution is 2.24. The van der Waals surface area contributed by atoms with Crippen molar-refractivity contribution in [1.82, 2.24) is 0 Å². The summed E-state index contributed by atoms with van der Waals surface area (Å²) in [7, 11) is 0. The summed E-state index contributed by atoms with van der Waals surface area (Å²) in [5, 5.41) is 11.0. The van der Waals surface area contributed by atoms with Gasteiger partial charge >= 0.3 is 0 Å². The third-order valence-electron chi connectivity index (χ3n) is 1.73. The van der Waals surface area contributed by atoms with Crippen molar-refractivity contribution in [2.45, 2.75) is 18.9 Å². The van der Waals surface area contributed by atoms with E-state index in [1.54, 1.807) is 19.1 Å². The fraction of sp³-hybridized carbons (Fsp3) is 0.429. The zero-order valence-corrected chi connectivity index (χ0v) is 6.84. The Bertz CT molecular complexity index is 247. The van der Waals surface area contributed by atoms with E-state index >= 15 is 0 Å². The summed E-state index contributed by atoms with van der Waals surface area (Å²) in [6, 6.07) is 0. The third kappa shape index (κ3) is 1.60. The van der Waals surface area contributed by atoms with Crippen molar-refractivity contribution in [3.63, 3.8) is 0 Å². The maximum Gasteiger partial charge on any atom is 0.241 e. The van der Waals surface area contributed by atoms with E-state index in [2.05, 4.69) is 0 Å². The molecule has 0 N–H and O–H groups in total. The topological polar surface area (TPSA) is 43.1 Å². The Morgan fingerprint density at radius 1 is 1.82 bits per heavy atom. The van der Waals surface area contributed by atoms with Gasteiger partial charge in [0, 0.05) is 23.3 Å². The summed E-state index contributed by atoms with van der Waals surface area (Å²) < 4.78 is 0. The van der Waals surface area contributed by atoms with Gasteiger partial charge < -0.3 is 0 Å². The van der Waals surface area contributed by atoms with Crippen molar-refractivity contribution in [2.75, 3.05) is 0 Å². The number of nitrogens with zero attached hydrogens (tertiary/aromatic N) is 1. The molecule has 0 aromatic heterocycles. The monoisotopic (exact) mass is 173 g/mol. The molecule has 4 heteroatoms. The van der Waals surface area contributed by atoms with Gasteiger partial charge in [-0.15, -0.1) is 0 Å². The van der Waals surface area contributed by atoms with Crippen LogP contribution in [0, 0.1) is 10.1 Å². The molecule has 0 heterocycles. The Hall–Kier alpha value is -0.830. The van der Waals surface area contributed by atoms with Crippen molar-refractivity contribution in [3.8, 4) is 0 Å². The van der Waals surface area contributed by atoms with Crippen LogP contribution in [0.1, 0.15) is 13.3 Å². The zero-order valence-electron chi connectivity index (χ0n) is 6.08. The molecule has 0 spiro atoms. The quantitative estimate of drug-likeness (QED) is 0.450. The standard InChI is InChI=1S/C7H8ClNO2/c1-7(9(10)11)4-2-6(8)3-5-7/h2-4H,5H2,1H3. The van der Waals surface area contributed by atoms with Gasteiger partial charge in [0.2, 0.25) is 5.54 Å². The minimum absolute atomic E-state index is 0.302. The van der Waals surface area contributed by atoms with Crippen molar-refractivity contribution < 1.29 is 4.92 Å². The van der Waals surface area contributed by atoms with E-state index in [9.17, 15) is 10.1 Å². The summed E-state index contributed by atoms with van der Waals surface area (Å²) in [6.07, 6.45) is 5.11. The second-order valence-corrected chi connectivity index (χ2v) is 3.18. The maximum atomic E-state index is 10.5. The van der Waals surface area contributed by atoms with Crippen molar-refractivity contribution >= 4 is 11.6 Å². The molecule has 0 aliphatic heterocycles. The van der Waals surface area contributed by atoms with Gasteiger partial charge in [-0.25, -0.2) is 0 Å². The van der Waals surface area contributed by atoms with Crippen LogP contribution in [0.2, 0.25) is 0 Å². The third-order valence-corrected chi connectivity index (χ3v) is 2.01. The molecule has 0 saturated heterocycles. The molecule has 1 atom stereocenters. The molecule has 0 aromatic carbocycles. The molecule has 0 saturated carbocycles. The second kappa shape index (κ2) is 2.66. The van der Waals surface area contributed by atoms with E-state index in [0.29, 0.717) is 11.5 Å². The fourth-order valence-corrected chi connectivity index (χ4v) is 0.975. The lowest BCUT2D eigenvalue weighted by Gasteiger charge is -2.17. The lowest BCUT2D eigenvalue weighted by atomic mass is 9.95. The summed E-state index contributed by atoms with van der Waals surface area (Å²) >= 11 is 5.60. The average Bonchev–Trinajstić information content (AvgIpc) is 1.95. The Balaban J connectivity index is 2.82. The SMILES string of the molecule is CC1([N+](=O)[O-])C=CC(Cl)=CC1.